The normalized spacial score (nSPS) is 14.6. The molecule has 1 aromatic heterocycles. The summed E-state index contributed by atoms with van der Waals surface area (Å²) >= 11 is 9.23. The van der Waals surface area contributed by atoms with Crippen LogP contribution in [0.2, 0.25) is 5.02 Å². The Bertz CT molecular complexity index is 1190. The largest absolute Gasteiger partial charge is 0.476 e. The highest BCUT2D eigenvalue weighted by Gasteiger charge is 2.34. The first-order valence-electron chi connectivity index (χ1n) is 8.63. The van der Waals surface area contributed by atoms with Crippen LogP contribution < -0.4 is 0 Å². The van der Waals surface area contributed by atoms with Crippen molar-refractivity contribution in [3.63, 3.8) is 0 Å². The molecule has 0 spiro atoms. The summed E-state index contributed by atoms with van der Waals surface area (Å²) in [7, 11) is -3.76. The van der Waals surface area contributed by atoms with Crippen LogP contribution in [0.15, 0.2) is 57.9 Å². The van der Waals surface area contributed by atoms with Crippen molar-refractivity contribution in [2.75, 3.05) is 6.54 Å². The Labute approximate surface area is 180 Å². The molecular weight excluding hydrogens is 482 g/mol. The van der Waals surface area contributed by atoms with E-state index in [0.717, 1.165) is 4.47 Å². The SMILES string of the molecule is O=C(O)c1nn(-c2ccc(Cl)cc2)c2c1CN(S(=O)(=O)c1ccc(Br)cc1)CC2. The maximum absolute atomic E-state index is 13.0. The zero-order valence-electron chi connectivity index (χ0n) is 14.9. The van der Waals surface area contributed by atoms with E-state index in [9.17, 15) is 18.3 Å². The minimum atomic E-state index is -3.76. The molecule has 1 N–H and O–H groups in total. The molecule has 1 aliphatic heterocycles. The van der Waals surface area contributed by atoms with E-state index < -0.39 is 16.0 Å². The van der Waals surface area contributed by atoms with Gasteiger partial charge in [-0.25, -0.2) is 17.9 Å². The summed E-state index contributed by atoms with van der Waals surface area (Å²) in [6, 6.07) is 13.2. The molecule has 10 heteroatoms. The van der Waals surface area contributed by atoms with Crippen LogP contribution in [0.3, 0.4) is 0 Å². The molecule has 3 aromatic rings. The molecule has 0 unspecified atom stereocenters. The molecule has 2 heterocycles. The first-order valence-corrected chi connectivity index (χ1v) is 11.2. The van der Waals surface area contributed by atoms with Gasteiger partial charge >= 0.3 is 5.97 Å². The molecule has 0 radical (unpaired) electrons. The number of fused-ring (bicyclic) bond motifs is 1. The van der Waals surface area contributed by atoms with Crippen LogP contribution in [0, 0.1) is 0 Å². The number of carboxylic acids is 1. The molecule has 2 aromatic carbocycles. The van der Waals surface area contributed by atoms with Gasteiger partial charge in [0.2, 0.25) is 10.0 Å². The highest BCUT2D eigenvalue weighted by molar-refractivity contribution is 9.10. The lowest BCUT2D eigenvalue weighted by molar-refractivity contribution is 0.0688. The Kier molecular flexibility index (Phi) is 5.24. The van der Waals surface area contributed by atoms with Crippen LogP contribution >= 0.6 is 27.5 Å². The molecule has 150 valence electrons. The molecule has 0 atom stereocenters. The maximum Gasteiger partial charge on any atom is 0.356 e. The fraction of sp³-hybridized carbons (Fsp3) is 0.158. The van der Waals surface area contributed by atoms with Crippen LogP contribution in [0.25, 0.3) is 5.69 Å². The predicted octanol–water partition coefficient (Wildman–Crippen LogP) is 3.73. The second kappa shape index (κ2) is 7.56. The lowest BCUT2D eigenvalue weighted by Gasteiger charge is -2.27. The first-order chi connectivity index (χ1) is 13.8. The molecular formula is C19H15BrClN3O4S. The highest BCUT2D eigenvalue weighted by atomic mass is 79.9. The van der Waals surface area contributed by atoms with Crippen molar-refractivity contribution in [1.82, 2.24) is 14.1 Å². The van der Waals surface area contributed by atoms with Gasteiger partial charge in [0.25, 0.3) is 0 Å². The quantitative estimate of drug-likeness (QED) is 0.594. The summed E-state index contributed by atoms with van der Waals surface area (Å²) in [6.07, 6.45) is 0.341. The molecule has 0 amide bonds. The lowest BCUT2D eigenvalue weighted by Crippen LogP contribution is -2.36. The number of carbonyl (C=O) groups is 1. The minimum Gasteiger partial charge on any atom is -0.476 e. The standard InChI is InChI=1S/C19H15BrClN3O4S/c20-12-1-7-15(8-2-12)29(27,28)23-10-9-17-16(11-23)18(19(25)26)22-24(17)14-5-3-13(21)4-6-14/h1-8H,9-11H2,(H,25,26). The summed E-state index contributed by atoms with van der Waals surface area (Å²) in [4.78, 5) is 11.9. The zero-order valence-corrected chi connectivity index (χ0v) is 18.1. The molecule has 4 rings (SSSR count). The Morgan fingerprint density at radius 1 is 1.10 bits per heavy atom. The Morgan fingerprint density at radius 2 is 1.76 bits per heavy atom. The molecule has 7 nitrogen and oxygen atoms in total. The molecule has 0 saturated heterocycles. The fourth-order valence-electron chi connectivity index (χ4n) is 3.32. The number of aromatic carboxylic acids is 1. The van der Waals surface area contributed by atoms with Crippen molar-refractivity contribution in [2.45, 2.75) is 17.9 Å². The van der Waals surface area contributed by atoms with Crippen LogP contribution in [0.1, 0.15) is 21.7 Å². The van der Waals surface area contributed by atoms with Crippen molar-refractivity contribution < 1.29 is 18.3 Å². The van der Waals surface area contributed by atoms with Crippen molar-refractivity contribution >= 4 is 43.5 Å². The molecule has 0 bridgehead atoms. The third kappa shape index (κ3) is 3.71. The fourth-order valence-corrected chi connectivity index (χ4v) is 5.12. The Morgan fingerprint density at radius 3 is 2.38 bits per heavy atom. The number of hydrogen-bond acceptors (Lipinski definition) is 4. The van der Waals surface area contributed by atoms with Gasteiger partial charge in [-0.2, -0.15) is 9.40 Å². The first kappa shape index (κ1) is 20.1. The Hall–Kier alpha value is -2.20. The van der Waals surface area contributed by atoms with Crippen LogP contribution in [-0.4, -0.2) is 40.1 Å². The van der Waals surface area contributed by atoms with Crippen molar-refractivity contribution in [1.29, 1.82) is 0 Å². The molecule has 1 aliphatic rings. The van der Waals surface area contributed by atoms with E-state index in [2.05, 4.69) is 21.0 Å². The summed E-state index contributed by atoms with van der Waals surface area (Å²) in [5.74, 6) is -1.20. The monoisotopic (exact) mass is 495 g/mol. The van der Waals surface area contributed by atoms with Gasteiger partial charge in [0.15, 0.2) is 5.69 Å². The van der Waals surface area contributed by atoms with Crippen molar-refractivity contribution in [2.24, 2.45) is 0 Å². The van der Waals surface area contributed by atoms with E-state index in [1.807, 2.05) is 0 Å². The summed E-state index contributed by atoms with van der Waals surface area (Å²) in [5, 5.41) is 14.4. The number of rotatable bonds is 4. The van der Waals surface area contributed by atoms with Gasteiger partial charge in [-0.15, -0.1) is 0 Å². The van der Waals surface area contributed by atoms with E-state index in [4.69, 9.17) is 11.6 Å². The molecule has 29 heavy (non-hydrogen) atoms. The van der Waals surface area contributed by atoms with E-state index in [0.29, 0.717) is 28.4 Å². The zero-order chi connectivity index (χ0) is 20.8. The van der Waals surface area contributed by atoms with Gasteiger partial charge in [0.1, 0.15) is 0 Å². The van der Waals surface area contributed by atoms with E-state index >= 15 is 0 Å². The average Bonchev–Trinajstić information content (AvgIpc) is 3.08. The van der Waals surface area contributed by atoms with Gasteiger partial charge in [-0.05, 0) is 48.5 Å². The third-order valence-corrected chi connectivity index (χ3v) is 7.39. The van der Waals surface area contributed by atoms with Gasteiger partial charge in [-0.3, -0.25) is 0 Å². The van der Waals surface area contributed by atoms with E-state index in [-0.39, 0.29) is 23.7 Å². The topological polar surface area (TPSA) is 92.5 Å². The van der Waals surface area contributed by atoms with Gasteiger partial charge in [0.05, 0.1) is 16.3 Å². The van der Waals surface area contributed by atoms with Crippen molar-refractivity contribution in [3.05, 3.63) is 75.0 Å². The highest BCUT2D eigenvalue weighted by Crippen LogP contribution is 2.29. The van der Waals surface area contributed by atoms with E-state index in [1.54, 1.807) is 41.1 Å². The third-order valence-electron chi connectivity index (χ3n) is 4.75. The number of carboxylic acid groups (broad SMARTS) is 1. The van der Waals surface area contributed by atoms with Crippen LogP contribution in [-0.2, 0) is 23.0 Å². The maximum atomic E-state index is 13.0. The number of sulfonamides is 1. The molecule has 0 aliphatic carbocycles. The summed E-state index contributed by atoms with van der Waals surface area (Å²) in [6.45, 7) is 0.173. The smallest absolute Gasteiger partial charge is 0.356 e. The van der Waals surface area contributed by atoms with Crippen LogP contribution in [0.5, 0.6) is 0 Å². The lowest BCUT2D eigenvalue weighted by atomic mass is 10.1. The molecule has 0 fully saturated rings. The predicted molar refractivity (Wildman–Crippen MR) is 111 cm³/mol. The average molecular weight is 497 g/mol. The second-order valence-corrected chi connectivity index (χ2v) is 9.80. The minimum absolute atomic E-state index is 0.0526. The van der Waals surface area contributed by atoms with Gasteiger partial charge < -0.3 is 5.11 Å². The molecule has 0 saturated carbocycles. The number of halogens is 2. The second-order valence-electron chi connectivity index (χ2n) is 6.51. The Balaban J connectivity index is 1.75. The van der Waals surface area contributed by atoms with Crippen molar-refractivity contribution in [3.8, 4) is 5.69 Å². The number of hydrogen-bond donors (Lipinski definition) is 1. The number of aromatic nitrogens is 2. The number of nitrogens with zero attached hydrogens (tertiary/aromatic N) is 3. The van der Waals surface area contributed by atoms with Gasteiger partial charge in [-0.1, -0.05) is 27.5 Å². The van der Waals surface area contributed by atoms with Gasteiger partial charge in [0, 0.05) is 34.6 Å². The van der Waals surface area contributed by atoms with E-state index in [1.165, 1.54) is 16.4 Å². The summed E-state index contributed by atoms with van der Waals surface area (Å²) in [5.41, 5.74) is 1.61. The summed E-state index contributed by atoms with van der Waals surface area (Å²) < 4.78 is 29.7. The van der Waals surface area contributed by atoms with Crippen LogP contribution in [0.4, 0.5) is 0 Å². The number of benzene rings is 2.